The van der Waals surface area contributed by atoms with Crippen molar-refractivity contribution in [3.8, 4) is 0 Å². The minimum absolute atomic E-state index is 0.533. The van der Waals surface area contributed by atoms with E-state index in [-0.39, 0.29) is 0 Å². The molecule has 17 heavy (non-hydrogen) atoms. The number of halogens is 1. The van der Waals surface area contributed by atoms with Gasteiger partial charge in [-0.25, -0.2) is 4.98 Å². The van der Waals surface area contributed by atoms with Crippen LogP contribution in [0.2, 0.25) is 5.02 Å². The molecule has 3 nitrogen and oxygen atoms in total. The van der Waals surface area contributed by atoms with Crippen molar-refractivity contribution in [1.29, 1.82) is 0 Å². The van der Waals surface area contributed by atoms with Crippen molar-refractivity contribution in [2.45, 2.75) is 39.3 Å². The van der Waals surface area contributed by atoms with E-state index in [9.17, 15) is 0 Å². The second kappa shape index (κ2) is 6.82. The molecule has 0 atom stereocenters. The van der Waals surface area contributed by atoms with Crippen molar-refractivity contribution >= 4 is 17.4 Å². The Bertz CT molecular complexity index is 351. The first-order valence-electron chi connectivity index (χ1n) is 6.15. The van der Waals surface area contributed by atoms with E-state index >= 15 is 0 Å². The average molecular weight is 256 g/mol. The highest BCUT2D eigenvalue weighted by molar-refractivity contribution is 6.31. The molecule has 1 aromatic heterocycles. The summed E-state index contributed by atoms with van der Waals surface area (Å²) in [4.78, 5) is 6.64. The number of nitrogens with zero attached hydrogens (tertiary/aromatic N) is 2. The fourth-order valence-electron chi connectivity index (χ4n) is 2.01. The monoisotopic (exact) mass is 255 g/mol. The van der Waals surface area contributed by atoms with Gasteiger partial charge in [-0.2, -0.15) is 0 Å². The molecule has 0 radical (unpaired) electrons. The molecule has 1 rings (SSSR count). The molecule has 4 heteroatoms. The first-order valence-corrected chi connectivity index (χ1v) is 6.53. The van der Waals surface area contributed by atoms with E-state index in [1.165, 1.54) is 0 Å². The van der Waals surface area contributed by atoms with E-state index in [2.05, 4.69) is 42.2 Å². The summed E-state index contributed by atoms with van der Waals surface area (Å²) in [5.41, 5.74) is 1.09. The van der Waals surface area contributed by atoms with Gasteiger partial charge in [0.1, 0.15) is 5.82 Å². The van der Waals surface area contributed by atoms with E-state index in [4.69, 9.17) is 11.6 Å². The molecule has 0 aliphatic carbocycles. The molecular formula is C13H22ClN3. The Kier molecular flexibility index (Phi) is 5.72. The number of anilines is 1. The molecule has 0 aliphatic rings. The SMILES string of the molecule is CCC(CC)N(C)c1cc(CNC)c(Cl)cn1. The molecule has 0 aromatic carbocycles. The Morgan fingerprint density at radius 1 is 1.41 bits per heavy atom. The zero-order valence-electron chi connectivity index (χ0n) is 11.1. The molecule has 0 spiro atoms. The van der Waals surface area contributed by atoms with Gasteiger partial charge in [0.25, 0.3) is 0 Å². The molecule has 0 fully saturated rings. The summed E-state index contributed by atoms with van der Waals surface area (Å²) in [6.45, 7) is 5.18. The highest BCUT2D eigenvalue weighted by Gasteiger charge is 2.13. The van der Waals surface area contributed by atoms with Crippen LogP contribution in [0.5, 0.6) is 0 Å². The highest BCUT2D eigenvalue weighted by Crippen LogP contribution is 2.22. The van der Waals surface area contributed by atoms with Crippen LogP contribution in [0.1, 0.15) is 32.3 Å². The molecule has 1 N–H and O–H groups in total. The summed E-state index contributed by atoms with van der Waals surface area (Å²) in [6.07, 6.45) is 3.99. The lowest BCUT2D eigenvalue weighted by molar-refractivity contribution is 0.586. The van der Waals surface area contributed by atoms with Gasteiger partial charge in [0.15, 0.2) is 0 Å². The number of nitrogens with one attached hydrogen (secondary N) is 1. The second-order valence-corrected chi connectivity index (χ2v) is 4.65. The molecule has 0 saturated heterocycles. The molecule has 0 bridgehead atoms. The molecule has 0 unspecified atom stereocenters. The van der Waals surface area contributed by atoms with Gasteiger partial charge in [-0.15, -0.1) is 0 Å². The standard InChI is InChI=1S/C13H22ClN3/c1-5-11(6-2)17(4)13-7-10(8-15-3)12(14)9-16-13/h7,9,11,15H,5-6,8H2,1-4H3. The summed E-state index contributed by atoms with van der Waals surface area (Å²) in [5.74, 6) is 0.994. The molecule has 0 saturated carbocycles. The largest absolute Gasteiger partial charge is 0.357 e. The lowest BCUT2D eigenvalue weighted by Crippen LogP contribution is -2.31. The summed E-state index contributed by atoms with van der Waals surface area (Å²) >= 11 is 6.11. The van der Waals surface area contributed by atoms with Crippen molar-refractivity contribution in [3.63, 3.8) is 0 Å². The van der Waals surface area contributed by atoms with Crippen molar-refractivity contribution in [2.24, 2.45) is 0 Å². The zero-order chi connectivity index (χ0) is 12.8. The summed E-state index contributed by atoms with van der Waals surface area (Å²) in [6, 6.07) is 2.60. The maximum absolute atomic E-state index is 6.11. The van der Waals surface area contributed by atoms with Gasteiger partial charge in [0.2, 0.25) is 0 Å². The van der Waals surface area contributed by atoms with Crippen molar-refractivity contribution in [2.75, 3.05) is 19.0 Å². The lowest BCUT2D eigenvalue weighted by atomic mass is 10.1. The lowest BCUT2D eigenvalue weighted by Gasteiger charge is -2.27. The van der Waals surface area contributed by atoms with Crippen LogP contribution in [0.25, 0.3) is 0 Å². The Hall–Kier alpha value is -0.800. The Morgan fingerprint density at radius 2 is 2.06 bits per heavy atom. The number of pyridine rings is 1. The Labute approximate surface area is 109 Å². The number of aromatic nitrogens is 1. The zero-order valence-corrected chi connectivity index (χ0v) is 11.9. The third-order valence-electron chi connectivity index (χ3n) is 3.14. The van der Waals surface area contributed by atoms with E-state index in [1.807, 2.05) is 7.05 Å². The van der Waals surface area contributed by atoms with E-state index < -0.39 is 0 Å². The maximum atomic E-state index is 6.11. The fraction of sp³-hybridized carbons (Fsp3) is 0.615. The smallest absolute Gasteiger partial charge is 0.128 e. The molecule has 1 heterocycles. The molecular weight excluding hydrogens is 234 g/mol. The van der Waals surface area contributed by atoms with Gasteiger partial charge in [-0.05, 0) is 31.5 Å². The van der Waals surface area contributed by atoms with Gasteiger partial charge in [0, 0.05) is 25.8 Å². The molecule has 1 aromatic rings. The van der Waals surface area contributed by atoms with E-state index in [1.54, 1.807) is 6.20 Å². The van der Waals surface area contributed by atoms with E-state index in [0.29, 0.717) is 6.04 Å². The van der Waals surface area contributed by atoms with Crippen LogP contribution < -0.4 is 10.2 Å². The van der Waals surface area contributed by atoms with Crippen LogP contribution in [-0.2, 0) is 6.54 Å². The average Bonchev–Trinajstić information content (AvgIpc) is 2.33. The van der Waals surface area contributed by atoms with Gasteiger partial charge in [-0.1, -0.05) is 25.4 Å². The number of hydrogen-bond donors (Lipinski definition) is 1. The van der Waals surface area contributed by atoms with Gasteiger partial charge in [0.05, 0.1) is 5.02 Å². The van der Waals surface area contributed by atoms with Crippen LogP contribution in [0.3, 0.4) is 0 Å². The highest BCUT2D eigenvalue weighted by atomic mass is 35.5. The van der Waals surface area contributed by atoms with Crippen LogP contribution in [0, 0.1) is 0 Å². The fourth-order valence-corrected chi connectivity index (χ4v) is 2.18. The predicted molar refractivity (Wildman–Crippen MR) is 74.8 cm³/mol. The van der Waals surface area contributed by atoms with Crippen molar-refractivity contribution < 1.29 is 0 Å². The van der Waals surface area contributed by atoms with Gasteiger partial charge >= 0.3 is 0 Å². The molecule has 0 aliphatic heterocycles. The summed E-state index contributed by atoms with van der Waals surface area (Å²) in [5, 5.41) is 3.84. The van der Waals surface area contributed by atoms with Crippen LogP contribution >= 0.6 is 11.6 Å². The topological polar surface area (TPSA) is 28.2 Å². The van der Waals surface area contributed by atoms with Crippen LogP contribution in [0.15, 0.2) is 12.3 Å². The molecule has 96 valence electrons. The van der Waals surface area contributed by atoms with Gasteiger partial charge in [-0.3, -0.25) is 0 Å². The third kappa shape index (κ3) is 3.58. The number of hydrogen-bond acceptors (Lipinski definition) is 3. The van der Waals surface area contributed by atoms with Crippen LogP contribution in [0.4, 0.5) is 5.82 Å². The van der Waals surface area contributed by atoms with Gasteiger partial charge < -0.3 is 10.2 Å². The maximum Gasteiger partial charge on any atom is 0.128 e. The quantitative estimate of drug-likeness (QED) is 0.847. The minimum atomic E-state index is 0.533. The Morgan fingerprint density at radius 3 is 2.59 bits per heavy atom. The molecule has 0 amide bonds. The third-order valence-corrected chi connectivity index (χ3v) is 3.48. The van der Waals surface area contributed by atoms with Crippen molar-refractivity contribution in [3.05, 3.63) is 22.8 Å². The van der Waals surface area contributed by atoms with Crippen LogP contribution in [-0.4, -0.2) is 25.1 Å². The first-order chi connectivity index (χ1) is 8.13. The second-order valence-electron chi connectivity index (χ2n) is 4.25. The predicted octanol–water partition coefficient (Wildman–Crippen LogP) is 3.08. The Balaban J connectivity index is 2.94. The first kappa shape index (κ1) is 14.3. The van der Waals surface area contributed by atoms with E-state index in [0.717, 1.165) is 35.8 Å². The summed E-state index contributed by atoms with van der Waals surface area (Å²) in [7, 11) is 4.01. The summed E-state index contributed by atoms with van der Waals surface area (Å²) < 4.78 is 0. The normalized spacial score (nSPS) is 10.9. The minimum Gasteiger partial charge on any atom is -0.357 e. The van der Waals surface area contributed by atoms with Crippen molar-refractivity contribution in [1.82, 2.24) is 10.3 Å². The number of rotatable bonds is 6.